The van der Waals surface area contributed by atoms with Gasteiger partial charge in [0.15, 0.2) is 5.78 Å². The summed E-state index contributed by atoms with van der Waals surface area (Å²) in [5.74, 6) is 0.788. The van der Waals surface area contributed by atoms with Gasteiger partial charge in [-0.2, -0.15) is 4.31 Å². The maximum absolute atomic E-state index is 13.6. The van der Waals surface area contributed by atoms with E-state index in [0.29, 0.717) is 26.0 Å². The van der Waals surface area contributed by atoms with Gasteiger partial charge in [-0.3, -0.25) is 4.79 Å². The van der Waals surface area contributed by atoms with Crippen molar-refractivity contribution in [1.82, 2.24) is 4.31 Å². The third-order valence-electron chi connectivity index (χ3n) is 6.85. The van der Waals surface area contributed by atoms with Crippen LogP contribution in [0.5, 0.6) is 5.75 Å². The van der Waals surface area contributed by atoms with Crippen molar-refractivity contribution >= 4 is 15.8 Å². The van der Waals surface area contributed by atoms with Crippen LogP contribution in [0, 0.1) is 11.3 Å². The highest BCUT2D eigenvalue weighted by molar-refractivity contribution is 7.91. The van der Waals surface area contributed by atoms with Gasteiger partial charge in [-0.15, -0.1) is 0 Å². The highest BCUT2D eigenvalue weighted by Crippen LogP contribution is 2.62. The molecule has 3 fully saturated rings. The number of rotatable bonds is 5. The van der Waals surface area contributed by atoms with E-state index in [1.165, 1.54) is 4.31 Å². The lowest BCUT2D eigenvalue weighted by Gasteiger charge is -2.42. The van der Waals surface area contributed by atoms with Crippen LogP contribution in [-0.2, 0) is 19.6 Å². The number of benzene rings is 1. The number of ether oxygens (including phenoxy) is 2. The summed E-state index contributed by atoms with van der Waals surface area (Å²) in [6.07, 6.45) is 1.29. The summed E-state index contributed by atoms with van der Waals surface area (Å²) < 4.78 is 38.9. The van der Waals surface area contributed by atoms with Crippen molar-refractivity contribution < 1.29 is 22.7 Å². The number of fused-ring (bicyclic) bond motifs is 2. The third-order valence-corrected chi connectivity index (χ3v) is 9.70. The summed E-state index contributed by atoms with van der Waals surface area (Å²) in [6, 6.07) is 9.39. The molecule has 6 nitrogen and oxygen atoms in total. The molecule has 1 aromatic carbocycles. The molecule has 3 aliphatic rings. The molecule has 2 bridgehead atoms. The first kappa shape index (κ1) is 18.9. The summed E-state index contributed by atoms with van der Waals surface area (Å²) in [7, 11) is -3.76. The van der Waals surface area contributed by atoms with E-state index in [0.717, 1.165) is 12.2 Å². The topological polar surface area (TPSA) is 72.9 Å². The summed E-state index contributed by atoms with van der Waals surface area (Å²) in [4.78, 5) is 12.8. The number of hydrogen-bond donors (Lipinski definition) is 0. The Balaban J connectivity index is 1.51. The number of sulfonamides is 1. The van der Waals surface area contributed by atoms with Crippen LogP contribution < -0.4 is 4.74 Å². The Kier molecular flexibility index (Phi) is 4.60. The average molecular weight is 394 g/mol. The van der Waals surface area contributed by atoms with E-state index in [4.69, 9.17) is 9.47 Å². The Morgan fingerprint density at radius 2 is 2.00 bits per heavy atom. The maximum Gasteiger partial charge on any atom is 0.227 e. The summed E-state index contributed by atoms with van der Waals surface area (Å²) >= 11 is 0. The predicted molar refractivity (Wildman–Crippen MR) is 101 cm³/mol. The molecule has 0 amide bonds. The zero-order valence-corrected chi connectivity index (χ0v) is 16.7. The second-order valence-electron chi connectivity index (χ2n) is 8.39. The van der Waals surface area contributed by atoms with Crippen molar-refractivity contribution in [2.45, 2.75) is 44.0 Å². The number of carbonyl (C=O) groups is 1. The number of carbonyl (C=O) groups excluding carboxylic acids is 1. The van der Waals surface area contributed by atoms with Gasteiger partial charge in [-0.25, -0.2) is 8.42 Å². The zero-order valence-electron chi connectivity index (χ0n) is 15.9. The van der Waals surface area contributed by atoms with Crippen LogP contribution in [0.2, 0.25) is 0 Å². The smallest absolute Gasteiger partial charge is 0.227 e. The van der Waals surface area contributed by atoms with E-state index in [2.05, 4.69) is 0 Å². The molecule has 148 valence electrons. The third kappa shape index (κ3) is 2.74. The number of hydrogen-bond acceptors (Lipinski definition) is 5. The van der Waals surface area contributed by atoms with E-state index in [1.54, 1.807) is 0 Å². The molecule has 3 atom stereocenters. The van der Waals surface area contributed by atoms with Crippen molar-refractivity contribution in [3.05, 3.63) is 30.3 Å². The molecule has 1 aliphatic heterocycles. The fraction of sp³-hybridized carbons (Fsp3) is 0.650. The molecule has 0 N–H and O–H groups in total. The molecule has 0 radical (unpaired) electrons. The molecule has 27 heavy (non-hydrogen) atoms. The first-order valence-corrected chi connectivity index (χ1v) is 11.1. The largest absolute Gasteiger partial charge is 0.491 e. The number of para-hydroxylation sites is 1. The van der Waals surface area contributed by atoms with Gasteiger partial charge in [0, 0.05) is 19.5 Å². The molecule has 2 aliphatic carbocycles. The standard InChI is InChI=1S/C20H27NO5S/c1-19(2)15-8-9-20(19,18(22)12-15)27(23,24)21-10-11-25-17(13-21)14-26-16-6-4-3-5-7-16/h3-7,15,17H,8-14H2,1-2H3/t15-,17-,20+/m1/s1. The molecular weight excluding hydrogens is 366 g/mol. The minimum Gasteiger partial charge on any atom is -0.491 e. The first-order valence-electron chi connectivity index (χ1n) is 9.61. The molecular formula is C20H27NO5S. The molecule has 1 saturated heterocycles. The Bertz CT molecular complexity index is 822. The lowest BCUT2D eigenvalue weighted by atomic mass is 9.81. The van der Waals surface area contributed by atoms with Crippen LogP contribution in [0.25, 0.3) is 0 Å². The predicted octanol–water partition coefficient (Wildman–Crippen LogP) is 2.24. The van der Waals surface area contributed by atoms with E-state index in [9.17, 15) is 13.2 Å². The van der Waals surface area contributed by atoms with Crippen molar-refractivity contribution in [2.75, 3.05) is 26.3 Å². The van der Waals surface area contributed by atoms with Crippen LogP contribution >= 0.6 is 0 Å². The number of morpholine rings is 1. The second-order valence-corrected chi connectivity index (χ2v) is 10.6. The van der Waals surface area contributed by atoms with E-state index in [-0.39, 0.29) is 31.0 Å². The van der Waals surface area contributed by atoms with Gasteiger partial charge in [-0.1, -0.05) is 32.0 Å². The van der Waals surface area contributed by atoms with Crippen LogP contribution in [-0.4, -0.2) is 55.7 Å². The van der Waals surface area contributed by atoms with Crippen LogP contribution in [0.1, 0.15) is 33.1 Å². The summed E-state index contributed by atoms with van der Waals surface area (Å²) in [5, 5.41) is 0. The van der Waals surface area contributed by atoms with Crippen molar-refractivity contribution in [3.63, 3.8) is 0 Å². The van der Waals surface area contributed by atoms with Crippen LogP contribution in [0.3, 0.4) is 0 Å². The van der Waals surface area contributed by atoms with Gasteiger partial charge in [0.25, 0.3) is 0 Å². The zero-order chi connectivity index (χ0) is 19.3. The minimum absolute atomic E-state index is 0.104. The minimum atomic E-state index is -3.76. The lowest BCUT2D eigenvalue weighted by molar-refractivity contribution is -0.121. The Labute approximate surface area is 160 Å². The molecule has 7 heteroatoms. The second kappa shape index (κ2) is 6.57. The Morgan fingerprint density at radius 1 is 1.26 bits per heavy atom. The van der Waals surface area contributed by atoms with Gasteiger partial charge in [0.2, 0.25) is 10.0 Å². The molecule has 1 heterocycles. The average Bonchev–Trinajstić information content (AvgIpc) is 3.04. The van der Waals surface area contributed by atoms with Crippen molar-refractivity contribution in [1.29, 1.82) is 0 Å². The van der Waals surface area contributed by atoms with Crippen molar-refractivity contribution in [3.8, 4) is 5.75 Å². The van der Waals surface area contributed by atoms with Crippen LogP contribution in [0.15, 0.2) is 30.3 Å². The maximum atomic E-state index is 13.6. The van der Waals surface area contributed by atoms with Gasteiger partial charge < -0.3 is 9.47 Å². The SMILES string of the molecule is CC1(C)[C@@H]2CC[C@]1(S(=O)(=O)N1CCO[C@@H](COc3ccccc3)C1)C(=O)C2. The fourth-order valence-electron chi connectivity index (χ4n) is 5.18. The number of nitrogens with zero attached hydrogens (tertiary/aromatic N) is 1. The first-order chi connectivity index (χ1) is 12.8. The van der Waals surface area contributed by atoms with E-state index >= 15 is 0 Å². The Morgan fingerprint density at radius 3 is 2.63 bits per heavy atom. The number of ketones is 1. The molecule has 2 saturated carbocycles. The molecule has 0 spiro atoms. The van der Waals surface area contributed by atoms with Gasteiger partial charge in [0.1, 0.15) is 23.2 Å². The van der Waals surface area contributed by atoms with E-state index in [1.807, 2.05) is 44.2 Å². The summed E-state index contributed by atoms with van der Waals surface area (Å²) in [6.45, 7) is 5.01. The van der Waals surface area contributed by atoms with Crippen LogP contribution in [0.4, 0.5) is 0 Å². The van der Waals surface area contributed by atoms with Gasteiger partial charge in [0.05, 0.1) is 6.61 Å². The molecule has 4 rings (SSSR count). The quantitative estimate of drug-likeness (QED) is 0.767. The lowest BCUT2D eigenvalue weighted by Crippen LogP contribution is -2.60. The molecule has 0 aromatic heterocycles. The fourth-order valence-corrected chi connectivity index (χ4v) is 7.87. The van der Waals surface area contributed by atoms with E-state index < -0.39 is 20.2 Å². The monoisotopic (exact) mass is 393 g/mol. The molecule has 0 unspecified atom stereocenters. The van der Waals surface area contributed by atoms with Gasteiger partial charge in [-0.05, 0) is 36.3 Å². The Hall–Kier alpha value is -1.44. The molecule has 1 aromatic rings. The van der Waals surface area contributed by atoms with Gasteiger partial charge >= 0.3 is 0 Å². The summed E-state index contributed by atoms with van der Waals surface area (Å²) in [5.41, 5.74) is -0.517. The highest BCUT2D eigenvalue weighted by atomic mass is 32.2. The highest BCUT2D eigenvalue weighted by Gasteiger charge is 2.72. The van der Waals surface area contributed by atoms with Crippen molar-refractivity contribution in [2.24, 2.45) is 11.3 Å². The number of Topliss-reactive ketones (excluding diaryl/α,β-unsaturated/α-hetero) is 1. The normalized spacial score (nSPS) is 33.3.